The molecule has 0 amide bonds. The predicted molar refractivity (Wildman–Crippen MR) is 75.9 cm³/mol. The van der Waals surface area contributed by atoms with Crippen LogP contribution in [0.15, 0.2) is 23.7 Å². The van der Waals surface area contributed by atoms with Gasteiger partial charge in [-0.25, -0.2) is 0 Å². The Kier molecular flexibility index (Phi) is 6.33. The van der Waals surface area contributed by atoms with Gasteiger partial charge in [0.1, 0.15) is 6.61 Å². The van der Waals surface area contributed by atoms with E-state index in [4.69, 9.17) is 32.7 Å². The van der Waals surface area contributed by atoms with Crippen molar-refractivity contribution in [3.8, 4) is 11.5 Å². The number of hydrogen-bond acceptors (Lipinski definition) is 3. The van der Waals surface area contributed by atoms with Crippen LogP contribution in [-0.2, 0) is 6.54 Å². The Morgan fingerprint density at radius 2 is 2.17 bits per heavy atom. The molecule has 18 heavy (non-hydrogen) atoms. The van der Waals surface area contributed by atoms with Gasteiger partial charge in [0.15, 0.2) is 11.5 Å². The summed E-state index contributed by atoms with van der Waals surface area (Å²) in [7, 11) is 1.57. The van der Waals surface area contributed by atoms with Crippen molar-refractivity contribution in [1.82, 2.24) is 5.32 Å². The molecule has 0 spiro atoms. The molecule has 0 unspecified atom stereocenters. The minimum atomic E-state index is 0.235. The van der Waals surface area contributed by atoms with Gasteiger partial charge in [0.2, 0.25) is 0 Å². The van der Waals surface area contributed by atoms with Gasteiger partial charge < -0.3 is 14.8 Å². The standard InChI is InChI=1S/C13H17Cl2NO2/c1-4-16-7-10-5-11(15)6-12(17-3)13(10)18-8-9(2)14/h5-6,16H,2,4,7-8H2,1,3H3. The molecule has 0 saturated carbocycles. The third-order valence-electron chi connectivity index (χ3n) is 2.26. The second kappa shape index (κ2) is 7.52. The van der Waals surface area contributed by atoms with E-state index in [0.717, 1.165) is 12.1 Å². The van der Waals surface area contributed by atoms with Gasteiger partial charge in [-0.2, -0.15) is 0 Å². The Hall–Kier alpha value is -0.900. The van der Waals surface area contributed by atoms with E-state index in [1.807, 2.05) is 13.0 Å². The van der Waals surface area contributed by atoms with E-state index in [-0.39, 0.29) is 6.61 Å². The summed E-state index contributed by atoms with van der Waals surface area (Å²) >= 11 is 11.7. The largest absolute Gasteiger partial charge is 0.493 e. The lowest BCUT2D eigenvalue weighted by Crippen LogP contribution is -2.13. The molecule has 0 fully saturated rings. The van der Waals surface area contributed by atoms with Crippen LogP contribution in [-0.4, -0.2) is 20.3 Å². The predicted octanol–water partition coefficient (Wildman–Crippen LogP) is 3.59. The van der Waals surface area contributed by atoms with Gasteiger partial charge in [0.05, 0.1) is 7.11 Å². The van der Waals surface area contributed by atoms with E-state index in [9.17, 15) is 0 Å². The Balaban J connectivity index is 3.02. The number of hydrogen-bond donors (Lipinski definition) is 1. The number of ether oxygens (including phenoxy) is 2. The number of rotatable bonds is 7. The summed E-state index contributed by atoms with van der Waals surface area (Å²) in [5, 5.41) is 4.26. The summed E-state index contributed by atoms with van der Waals surface area (Å²) in [6.07, 6.45) is 0. The van der Waals surface area contributed by atoms with Gasteiger partial charge in [-0.1, -0.05) is 36.7 Å². The molecule has 0 aliphatic rings. The van der Waals surface area contributed by atoms with Gasteiger partial charge in [0.25, 0.3) is 0 Å². The van der Waals surface area contributed by atoms with Crippen LogP contribution in [0.5, 0.6) is 11.5 Å². The first-order valence-corrected chi connectivity index (χ1v) is 6.37. The zero-order valence-corrected chi connectivity index (χ0v) is 12.1. The van der Waals surface area contributed by atoms with Crippen molar-refractivity contribution in [2.24, 2.45) is 0 Å². The summed E-state index contributed by atoms with van der Waals surface area (Å²) in [6, 6.07) is 3.56. The van der Waals surface area contributed by atoms with Gasteiger partial charge in [-0.05, 0) is 12.6 Å². The fraction of sp³-hybridized carbons (Fsp3) is 0.385. The second-order valence-corrected chi connectivity index (χ2v) is 4.65. The highest BCUT2D eigenvalue weighted by Gasteiger charge is 2.12. The van der Waals surface area contributed by atoms with Gasteiger partial charge in [-0.15, -0.1) is 0 Å². The van der Waals surface area contributed by atoms with Crippen LogP contribution < -0.4 is 14.8 Å². The lowest BCUT2D eigenvalue weighted by molar-refractivity contribution is 0.320. The van der Waals surface area contributed by atoms with Gasteiger partial charge in [0, 0.05) is 28.2 Å². The van der Waals surface area contributed by atoms with Crippen molar-refractivity contribution in [2.75, 3.05) is 20.3 Å². The monoisotopic (exact) mass is 289 g/mol. The number of methoxy groups -OCH3 is 1. The zero-order valence-electron chi connectivity index (χ0n) is 10.6. The van der Waals surface area contributed by atoms with Crippen molar-refractivity contribution in [2.45, 2.75) is 13.5 Å². The first-order valence-electron chi connectivity index (χ1n) is 5.61. The molecule has 0 heterocycles. The van der Waals surface area contributed by atoms with Crippen LogP contribution >= 0.6 is 23.2 Å². The maximum absolute atomic E-state index is 6.04. The summed E-state index contributed by atoms with van der Waals surface area (Å²) in [5.41, 5.74) is 0.930. The topological polar surface area (TPSA) is 30.5 Å². The van der Waals surface area contributed by atoms with E-state index in [1.165, 1.54) is 0 Å². The first-order chi connectivity index (χ1) is 8.58. The molecular formula is C13H17Cl2NO2. The zero-order chi connectivity index (χ0) is 13.5. The van der Waals surface area contributed by atoms with Crippen molar-refractivity contribution in [1.29, 1.82) is 0 Å². The number of benzene rings is 1. The maximum Gasteiger partial charge on any atom is 0.166 e. The lowest BCUT2D eigenvalue weighted by Gasteiger charge is -2.15. The highest BCUT2D eigenvalue weighted by molar-refractivity contribution is 6.31. The van der Waals surface area contributed by atoms with Crippen molar-refractivity contribution in [3.63, 3.8) is 0 Å². The molecule has 0 aliphatic heterocycles. The van der Waals surface area contributed by atoms with E-state index in [0.29, 0.717) is 28.1 Å². The minimum Gasteiger partial charge on any atom is -0.493 e. The van der Waals surface area contributed by atoms with Crippen LogP contribution in [0.1, 0.15) is 12.5 Å². The van der Waals surface area contributed by atoms with E-state index in [2.05, 4.69) is 11.9 Å². The highest BCUT2D eigenvalue weighted by Crippen LogP contribution is 2.35. The summed E-state index contributed by atoms with van der Waals surface area (Å²) in [4.78, 5) is 0. The van der Waals surface area contributed by atoms with Crippen LogP contribution in [0.4, 0.5) is 0 Å². The Labute approximate surface area is 118 Å². The Morgan fingerprint density at radius 1 is 1.44 bits per heavy atom. The molecule has 5 heteroatoms. The summed E-state index contributed by atoms with van der Waals surface area (Å²) in [5.74, 6) is 1.23. The van der Waals surface area contributed by atoms with Gasteiger partial charge in [-0.3, -0.25) is 0 Å². The van der Waals surface area contributed by atoms with Crippen molar-refractivity contribution >= 4 is 23.2 Å². The fourth-order valence-electron chi connectivity index (χ4n) is 1.48. The molecule has 0 radical (unpaired) electrons. The molecule has 0 atom stereocenters. The highest BCUT2D eigenvalue weighted by atomic mass is 35.5. The molecule has 1 rings (SSSR count). The normalized spacial score (nSPS) is 10.2. The summed E-state index contributed by atoms with van der Waals surface area (Å²) in [6.45, 7) is 7.37. The average Bonchev–Trinajstić information content (AvgIpc) is 2.33. The SMILES string of the molecule is C=C(Cl)COc1c(CNCC)cc(Cl)cc1OC. The Bertz CT molecular complexity index is 422. The molecule has 0 saturated heterocycles. The minimum absolute atomic E-state index is 0.235. The smallest absolute Gasteiger partial charge is 0.166 e. The second-order valence-electron chi connectivity index (χ2n) is 3.68. The van der Waals surface area contributed by atoms with E-state index in [1.54, 1.807) is 13.2 Å². The van der Waals surface area contributed by atoms with Crippen LogP contribution in [0.2, 0.25) is 5.02 Å². The van der Waals surface area contributed by atoms with Crippen molar-refractivity contribution in [3.05, 3.63) is 34.3 Å². The molecule has 100 valence electrons. The molecule has 1 N–H and O–H groups in total. The molecule has 3 nitrogen and oxygen atoms in total. The fourth-order valence-corrected chi connectivity index (χ4v) is 1.76. The van der Waals surface area contributed by atoms with Crippen LogP contribution in [0.25, 0.3) is 0 Å². The third-order valence-corrected chi connectivity index (χ3v) is 2.58. The number of halogens is 2. The van der Waals surface area contributed by atoms with Crippen LogP contribution in [0, 0.1) is 0 Å². The van der Waals surface area contributed by atoms with E-state index < -0.39 is 0 Å². The van der Waals surface area contributed by atoms with Gasteiger partial charge >= 0.3 is 0 Å². The van der Waals surface area contributed by atoms with Crippen molar-refractivity contribution < 1.29 is 9.47 Å². The van der Waals surface area contributed by atoms with E-state index >= 15 is 0 Å². The molecule has 1 aromatic carbocycles. The quantitative estimate of drug-likeness (QED) is 0.832. The average molecular weight is 290 g/mol. The third kappa shape index (κ3) is 4.41. The molecule has 1 aromatic rings. The molecule has 0 aliphatic carbocycles. The lowest BCUT2D eigenvalue weighted by atomic mass is 10.2. The summed E-state index contributed by atoms with van der Waals surface area (Å²) < 4.78 is 10.9. The van der Waals surface area contributed by atoms with Crippen LogP contribution in [0.3, 0.4) is 0 Å². The first kappa shape index (κ1) is 15.2. The number of nitrogens with one attached hydrogen (secondary N) is 1. The molecule has 0 bridgehead atoms. The Morgan fingerprint density at radius 3 is 2.72 bits per heavy atom. The maximum atomic E-state index is 6.04. The molecular weight excluding hydrogens is 273 g/mol. The molecule has 0 aromatic heterocycles.